The van der Waals surface area contributed by atoms with Gasteiger partial charge in [-0.3, -0.25) is 9.52 Å². The Bertz CT molecular complexity index is 944. The second-order valence-corrected chi connectivity index (χ2v) is 8.57. The van der Waals surface area contributed by atoms with E-state index in [4.69, 9.17) is 27.9 Å². The van der Waals surface area contributed by atoms with Gasteiger partial charge in [0.05, 0.1) is 22.4 Å². The van der Waals surface area contributed by atoms with Crippen LogP contribution in [0, 0.1) is 0 Å². The number of anilines is 1. The van der Waals surface area contributed by atoms with Crippen LogP contribution < -0.4 is 10.0 Å². The van der Waals surface area contributed by atoms with Crippen molar-refractivity contribution >= 4 is 44.8 Å². The molecule has 6 nitrogen and oxygen atoms in total. The molecular weight excluding hydrogens is 411 g/mol. The Morgan fingerprint density at radius 3 is 2.70 bits per heavy atom. The zero-order valence-corrected chi connectivity index (χ0v) is 16.6. The van der Waals surface area contributed by atoms with Crippen LogP contribution in [0.2, 0.25) is 10.0 Å². The minimum Gasteiger partial charge on any atom is -0.376 e. The number of hydrogen-bond donors (Lipinski definition) is 2. The van der Waals surface area contributed by atoms with Gasteiger partial charge < -0.3 is 10.1 Å². The molecule has 1 saturated heterocycles. The van der Waals surface area contributed by atoms with Crippen LogP contribution in [0.25, 0.3) is 0 Å². The fraction of sp³-hybridized carbons (Fsp3) is 0.278. The molecule has 1 atom stereocenters. The topological polar surface area (TPSA) is 84.5 Å². The van der Waals surface area contributed by atoms with Gasteiger partial charge in [-0.25, -0.2) is 8.42 Å². The largest absolute Gasteiger partial charge is 0.376 e. The highest BCUT2D eigenvalue weighted by Gasteiger charge is 2.22. The van der Waals surface area contributed by atoms with Crippen LogP contribution in [0.3, 0.4) is 0 Å². The molecule has 0 aliphatic carbocycles. The lowest BCUT2D eigenvalue weighted by molar-refractivity contribution is 0.0858. The molecule has 2 N–H and O–H groups in total. The first-order valence-corrected chi connectivity index (χ1v) is 10.6. The molecule has 9 heteroatoms. The molecule has 1 fully saturated rings. The molecule has 0 radical (unpaired) electrons. The lowest BCUT2D eigenvalue weighted by Gasteiger charge is -2.15. The second-order valence-electron chi connectivity index (χ2n) is 6.07. The summed E-state index contributed by atoms with van der Waals surface area (Å²) in [4.78, 5) is 12.4. The summed E-state index contributed by atoms with van der Waals surface area (Å²) in [6.07, 6.45) is 1.85. The lowest BCUT2D eigenvalue weighted by atomic mass is 10.1. The van der Waals surface area contributed by atoms with Crippen molar-refractivity contribution in [1.29, 1.82) is 0 Å². The van der Waals surface area contributed by atoms with Crippen LogP contribution in [-0.2, 0) is 14.8 Å². The third-order valence-corrected chi connectivity index (χ3v) is 6.20. The van der Waals surface area contributed by atoms with Crippen molar-refractivity contribution in [2.24, 2.45) is 0 Å². The standard InChI is InChI=1S/C18H18Cl2N2O4S/c19-12-7-8-15(20)17(10-12)27(24,25)22-16-6-2-1-5-14(16)18(23)21-11-13-4-3-9-26-13/h1-2,5-8,10,13,22H,3-4,9,11H2,(H,21,23)/t13-/m1/s1. The molecule has 0 unspecified atom stereocenters. The van der Waals surface area contributed by atoms with Crippen molar-refractivity contribution in [2.45, 2.75) is 23.8 Å². The lowest BCUT2D eigenvalue weighted by Crippen LogP contribution is -2.32. The van der Waals surface area contributed by atoms with E-state index >= 15 is 0 Å². The maximum absolute atomic E-state index is 12.7. The molecule has 27 heavy (non-hydrogen) atoms. The number of halogens is 2. The summed E-state index contributed by atoms with van der Waals surface area (Å²) in [5.41, 5.74) is 0.357. The van der Waals surface area contributed by atoms with Gasteiger partial charge in [-0.2, -0.15) is 0 Å². The number of para-hydroxylation sites is 1. The summed E-state index contributed by atoms with van der Waals surface area (Å²) in [5.74, 6) is -0.388. The first-order valence-electron chi connectivity index (χ1n) is 8.33. The Morgan fingerprint density at radius 2 is 1.96 bits per heavy atom. The highest BCUT2D eigenvalue weighted by Crippen LogP contribution is 2.28. The Balaban J connectivity index is 1.80. The molecular formula is C18H18Cl2N2O4S. The van der Waals surface area contributed by atoms with E-state index in [0.717, 1.165) is 12.8 Å². The SMILES string of the molecule is O=C(NC[C@H]1CCCO1)c1ccccc1NS(=O)(=O)c1cc(Cl)ccc1Cl. The Morgan fingerprint density at radius 1 is 1.19 bits per heavy atom. The first-order chi connectivity index (χ1) is 12.9. The second kappa shape index (κ2) is 8.48. The summed E-state index contributed by atoms with van der Waals surface area (Å²) in [7, 11) is -4.02. The molecule has 2 aromatic carbocycles. The van der Waals surface area contributed by atoms with Crippen LogP contribution in [0.5, 0.6) is 0 Å². The zero-order chi connectivity index (χ0) is 19.4. The Kier molecular flexibility index (Phi) is 6.26. The zero-order valence-electron chi connectivity index (χ0n) is 14.2. The van der Waals surface area contributed by atoms with Crippen LogP contribution in [0.4, 0.5) is 5.69 Å². The quantitative estimate of drug-likeness (QED) is 0.734. The molecule has 1 aliphatic heterocycles. The van der Waals surface area contributed by atoms with E-state index in [1.54, 1.807) is 18.2 Å². The van der Waals surface area contributed by atoms with E-state index in [1.165, 1.54) is 24.3 Å². The van der Waals surface area contributed by atoms with E-state index in [2.05, 4.69) is 10.0 Å². The molecule has 1 heterocycles. The normalized spacial score (nSPS) is 16.9. The van der Waals surface area contributed by atoms with Crippen LogP contribution in [-0.4, -0.2) is 33.6 Å². The number of nitrogens with one attached hydrogen (secondary N) is 2. The molecule has 0 bridgehead atoms. The smallest absolute Gasteiger partial charge is 0.263 e. The van der Waals surface area contributed by atoms with Crippen LogP contribution in [0.15, 0.2) is 47.4 Å². The number of amides is 1. The summed E-state index contributed by atoms with van der Waals surface area (Å²) in [5, 5.41) is 3.05. The van der Waals surface area contributed by atoms with Crippen LogP contribution >= 0.6 is 23.2 Å². The van der Waals surface area contributed by atoms with Crippen molar-refractivity contribution in [3.05, 3.63) is 58.1 Å². The molecule has 1 amide bonds. The van der Waals surface area contributed by atoms with Crippen LogP contribution in [0.1, 0.15) is 23.2 Å². The van der Waals surface area contributed by atoms with E-state index < -0.39 is 10.0 Å². The van der Waals surface area contributed by atoms with E-state index in [1.807, 2.05) is 0 Å². The van der Waals surface area contributed by atoms with Crippen molar-refractivity contribution in [2.75, 3.05) is 17.9 Å². The summed E-state index contributed by atoms with van der Waals surface area (Å²) in [6.45, 7) is 1.07. The maximum atomic E-state index is 12.7. The number of sulfonamides is 1. The summed E-state index contributed by atoms with van der Waals surface area (Å²) >= 11 is 11.9. The average Bonchev–Trinajstić information content (AvgIpc) is 3.15. The van der Waals surface area contributed by atoms with Gasteiger partial charge in [0.2, 0.25) is 0 Å². The number of carbonyl (C=O) groups excluding carboxylic acids is 1. The molecule has 144 valence electrons. The number of rotatable bonds is 6. The van der Waals surface area contributed by atoms with Crippen molar-refractivity contribution < 1.29 is 17.9 Å². The number of benzene rings is 2. The average molecular weight is 429 g/mol. The first kappa shape index (κ1) is 19.9. The van der Waals surface area contributed by atoms with Gasteiger partial charge in [0, 0.05) is 18.2 Å². The molecule has 0 spiro atoms. The van der Waals surface area contributed by atoms with Gasteiger partial charge in [0.1, 0.15) is 4.90 Å². The van der Waals surface area contributed by atoms with Gasteiger partial charge in [-0.05, 0) is 43.2 Å². The monoisotopic (exact) mass is 428 g/mol. The predicted octanol–water partition coefficient (Wildman–Crippen LogP) is 3.70. The molecule has 0 saturated carbocycles. The summed E-state index contributed by atoms with van der Waals surface area (Å²) < 4.78 is 33.3. The Labute approximate surface area is 167 Å². The molecule has 0 aromatic heterocycles. The van der Waals surface area contributed by atoms with Crippen molar-refractivity contribution in [3.8, 4) is 0 Å². The minimum atomic E-state index is -4.02. The fourth-order valence-corrected chi connectivity index (χ4v) is 4.60. The van der Waals surface area contributed by atoms with Crippen molar-refractivity contribution in [3.63, 3.8) is 0 Å². The Hall–Kier alpha value is -1.80. The number of hydrogen-bond acceptors (Lipinski definition) is 4. The third-order valence-electron chi connectivity index (χ3n) is 4.11. The van der Waals surface area contributed by atoms with E-state index in [0.29, 0.717) is 13.2 Å². The number of ether oxygens (including phenoxy) is 1. The van der Waals surface area contributed by atoms with Gasteiger partial charge in [-0.15, -0.1) is 0 Å². The van der Waals surface area contributed by atoms with E-state index in [-0.39, 0.29) is 38.2 Å². The predicted molar refractivity (Wildman–Crippen MR) is 105 cm³/mol. The fourth-order valence-electron chi connectivity index (χ4n) is 2.76. The van der Waals surface area contributed by atoms with E-state index in [9.17, 15) is 13.2 Å². The summed E-state index contributed by atoms with van der Waals surface area (Å²) in [6, 6.07) is 10.5. The minimum absolute atomic E-state index is 0.0110. The highest BCUT2D eigenvalue weighted by molar-refractivity contribution is 7.92. The highest BCUT2D eigenvalue weighted by atomic mass is 35.5. The number of carbonyl (C=O) groups is 1. The maximum Gasteiger partial charge on any atom is 0.263 e. The third kappa shape index (κ3) is 4.93. The van der Waals surface area contributed by atoms with Gasteiger partial charge in [-0.1, -0.05) is 35.3 Å². The molecule has 3 rings (SSSR count). The molecule has 1 aliphatic rings. The van der Waals surface area contributed by atoms with Crippen molar-refractivity contribution in [1.82, 2.24) is 5.32 Å². The van der Waals surface area contributed by atoms with Gasteiger partial charge in [0.25, 0.3) is 15.9 Å². The van der Waals surface area contributed by atoms with Gasteiger partial charge in [0.15, 0.2) is 0 Å². The van der Waals surface area contributed by atoms with Gasteiger partial charge >= 0.3 is 0 Å². The molecule has 2 aromatic rings.